The van der Waals surface area contributed by atoms with Crippen LogP contribution in [0.2, 0.25) is 0 Å². The topological polar surface area (TPSA) is 93.8 Å². The van der Waals surface area contributed by atoms with Gasteiger partial charge in [0, 0.05) is 19.2 Å². The Balaban J connectivity index is 1.48. The summed E-state index contributed by atoms with van der Waals surface area (Å²) in [6, 6.07) is 9.72. The number of amides is 1. The quantitative estimate of drug-likeness (QED) is 0.718. The van der Waals surface area contributed by atoms with Crippen molar-refractivity contribution >= 4 is 16.8 Å². The van der Waals surface area contributed by atoms with Gasteiger partial charge in [0.1, 0.15) is 0 Å². The van der Waals surface area contributed by atoms with E-state index < -0.39 is 0 Å². The molecule has 3 heterocycles. The molecular formula is C19H22N6O2. The van der Waals surface area contributed by atoms with Gasteiger partial charge in [-0.25, -0.2) is 0 Å². The molecule has 0 atom stereocenters. The summed E-state index contributed by atoms with van der Waals surface area (Å²) < 4.78 is 1.60. The van der Waals surface area contributed by atoms with E-state index in [2.05, 4.69) is 20.8 Å². The van der Waals surface area contributed by atoms with Gasteiger partial charge in [0.05, 0.1) is 17.8 Å². The van der Waals surface area contributed by atoms with E-state index in [9.17, 15) is 9.59 Å². The first-order valence-corrected chi connectivity index (χ1v) is 9.12. The third-order valence-corrected chi connectivity index (χ3v) is 5.02. The van der Waals surface area contributed by atoms with Crippen LogP contribution < -0.4 is 16.2 Å². The van der Waals surface area contributed by atoms with Crippen molar-refractivity contribution in [2.24, 2.45) is 7.05 Å². The number of aryl methyl sites for hydroxylation is 1. The zero-order valence-corrected chi connectivity index (χ0v) is 15.2. The number of benzene rings is 1. The van der Waals surface area contributed by atoms with E-state index in [1.54, 1.807) is 16.4 Å². The second kappa shape index (κ2) is 7.32. The number of piperidine rings is 1. The van der Waals surface area contributed by atoms with E-state index in [1.807, 2.05) is 30.3 Å². The highest BCUT2D eigenvalue weighted by molar-refractivity contribution is 5.91. The number of aromatic nitrogens is 4. The van der Waals surface area contributed by atoms with Crippen LogP contribution >= 0.6 is 0 Å². The molecule has 2 aromatic heterocycles. The van der Waals surface area contributed by atoms with Crippen molar-refractivity contribution in [1.29, 1.82) is 0 Å². The third kappa shape index (κ3) is 3.48. The summed E-state index contributed by atoms with van der Waals surface area (Å²) in [7, 11) is 1.74. The Kier molecular flexibility index (Phi) is 4.72. The van der Waals surface area contributed by atoms with E-state index in [-0.39, 0.29) is 29.7 Å². The molecule has 1 aliphatic heterocycles. The summed E-state index contributed by atoms with van der Waals surface area (Å²) in [6.07, 6.45) is 3.38. The van der Waals surface area contributed by atoms with Gasteiger partial charge in [0.25, 0.3) is 11.5 Å². The molecule has 8 nitrogen and oxygen atoms in total. The van der Waals surface area contributed by atoms with Gasteiger partial charge >= 0.3 is 0 Å². The van der Waals surface area contributed by atoms with Gasteiger partial charge in [0.15, 0.2) is 5.69 Å². The summed E-state index contributed by atoms with van der Waals surface area (Å²) >= 11 is 0. The van der Waals surface area contributed by atoms with Crippen molar-refractivity contribution in [3.63, 3.8) is 0 Å². The molecule has 0 radical (unpaired) electrons. The molecule has 1 aromatic carbocycles. The number of pyridine rings is 1. The van der Waals surface area contributed by atoms with Gasteiger partial charge in [-0.1, -0.05) is 18.2 Å². The minimum Gasteiger partial charge on any atom is -0.346 e. The van der Waals surface area contributed by atoms with Crippen LogP contribution in [0, 0.1) is 0 Å². The molecule has 2 N–H and O–H groups in total. The lowest BCUT2D eigenvalue weighted by Crippen LogP contribution is -2.31. The van der Waals surface area contributed by atoms with Crippen molar-refractivity contribution in [3.05, 3.63) is 58.1 Å². The van der Waals surface area contributed by atoms with Crippen LogP contribution in [0.15, 0.2) is 41.3 Å². The first-order valence-electron chi connectivity index (χ1n) is 9.12. The average molecular weight is 366 g/mol. The summed E-state index contributed by atoms with van der Waals surface area (Å²) in [5, 5.41) is 15.6. The monoisotopic (exact) mass is 366 g/mol. The van der Waals surface area contributed by atoms with Gasteiger partial charge in [-0.2, -0.15) is 9.90 Å². The maximum atomic E-state index is 12.5. The largest absolute Gasteiger partial charge is 0.346 e. The zero-order chi connectivity index (χ0) is 18.8. The van der Waals surface area contributed by atoms with Crippen LogP contribution in [0.5, 0.6) is 0 Å². The molecule has 4 rings (SSSR count). The zero-order valence-electron chi connectivity index (χ0n) is 15.2. The average Bonchev–Trinajstić information content (AvgIpc) is 3.20. The minimum atomic E-state index is -0.328. The fraction of sp³-hybridized carbons (Fsp3) is 0.368. The molecule has 0 aliphatic carbocycles. The summed E-state index contributed by atoms with van der Waals surface area (Å²) in [4.78, 5) is 26.6. The normalized spacial score (nSPS) is 15.1. The van der Waals surface area contributed by atoms with Crippen molar-refractivity contribution in [1.82, 2.24) is 30.2 Å². The van der Waals surface area contributed by atoms with Crippen molar-refractivity contribution in [3.8, 4) is 0 Å². The molecule has 0 unspecified atom stereocenters. The van der Waals surface area contributed by atoms with Crippen LogP contribution in [0.1, 0.15) is 34.9 Å². The third-order valence-electron chi connectivity index (χ3n) is 5.02. The second-order valence-electron chi connectivity index (χ2n) is 6.81. The van der Waals surface area contributed by atoms with Crippen LogP contribution in [0.3, 0.4) is 0 Å². The summed E-state index contributed by atoms with van der Waals surface area (Å²) in [5.41, 5.74) is 1.55. The van der Waals surface area contributed by atoms with Crippen molar-refractivity contribution < 1.29 is 4.79 Å². The highest BCUT2D eigenvalue weighted by Gasteiger charge is 2.19. The molecule has 1 fully saturated rings. The molecule has 140 valence electrons. The number of para-hydroxylation sites is 1. The molecule has 0 spiro atoms. The maximum absolute atomic E-state index is 12.5. The predicted octanol–water partition coefficient (Wildman–Crippen LogP) is 0.985. The molecule has 1 saturated heterocycles. The molecule has 0 saturated carbocycles. The highest BCUT2D eigenvalue weighted by atomic mass is 16.2. The van der Waals surface area contributed by atoms with E-state index in [4.69, 9.17) is 0 Å². The maximum Gasteiger partial charge on any atom is 0.273 e. The Labute approximate surface area is 156 Å². The van der Waals surface area contributed by atoms with E-state index in [0.29, 0.717) is 5.56 Å². The van der Waals surface area contributed by atoms with Gasteiger partial charge in [-0.3, -0.25) is 9.59 Å². The van der Waals surface area contributed by atoms with E-state index in [1.165, 1.54) is 6.20 Å². The Morgan fingerprint density at radius 1 is 1.30 bits per heavy atom. The van der Waals surface area contributed by atoms with Crippen LogP contribution in [-0.4, -0.2) is 38.6 Å². The highest BCUT2D eigenvalue weighted by Crippen LogP contribution is 2.16. The molecule has 8 heteroatoms. The number of hydrogen-bond donors (Lipinski definition) is 2. The van der Waals surface area contributed by atoms with Crippen molar-refractivity contribution in [2.45, 2.75) is 25.4 Å². The lowest BCUT2D eigenvalue weighted by molar-refractivity contribution is 0.0944. The van der Waals surface area contributed by atoms with Crippen LogP contribution in [-0.2, 0) is 13.6 Å². The first-order chi connectivity index (χ1) is 13.1. The van der Waals surface area contributed by atoms with Gasteiger partial charge < -0.3 is 15.2 Å². The number of nitrogens with one attached hydrogen (secondary N) is 2. The Hall–Kier alpha value is -3.00. The van der Waals surface area contributed by atoms with Crippen LogP contribution in [0.25, 0.3) is 10.9 Å². The summed E-state index contributed by atoms with van der Waals surface area (Å²) in [5.74, 6) is -0.328. The number of hydrogen-bond acceptors (Lipinski definition) is 5. The number of carbonyl (C=O) groups excluding carboxylic acids is 1. The number of fused-ring (bicyclic) bond motifs is 1. The molecule has 3 aromatic rings. The SMILES string of the molecule is Cn1c(=O)c(CNC(=O)c2cnn(C3CCNCC3)n2)cc2ccccc21. The lowest BCUT2D eigenvalue weighted by Gasteiger charge is -2.21. The van der Waals surface area contributed by atoms with E-state index >= 15 is 0 Å². The fourth-order valence-corrected chi connectivity index (χ4v) is 3.48. The number of carbonyl (C=O) groups is 1. The minimum absolute atomic E-state index is 0.118. The number of rotatable bonds is 4. The van der Waals surface area contributed by atoms with E-state index in [0.717, 1.165) is 36.8 Å². The molecular weight excluding hydrogens is 344 g/mol. The first kappa shape index (κ1) is 17.4. The number of nitrogens with zero attached hydrogens (tertiary/aromatic N) is 4. The lowest BCUT2D eigenvalue weighted by atomic mass is 10.1. The standard InChI is InChI=1S/C19H22N6O2/c1-24-17-5-3-2-4-13(17)10-14(19(24)27)11-21-18(26)16-12-22-25(23-16)15-6-8-20-9-7-15/h2-5,10,12,15,20H,6-9,11H2,1H3,(H,21,26). The Morgan fingerprint density at radius 2 is 2.07 bits per heavy atom. The molecule has 0 bridgehead atoms. The van der Waals surface area contributed by atoms with Gasteiger partial charge in [-0.15, -0.1) is 5.10 Å². The smallest absolute Gasteiger partial charge is 0.273 e. The Morgan fingerprint density at radius 3 is 2.89 bits per heavy atom. The van der Waals surface area contributed by atoms with Gasteiger partial charge in [-0.05, 0) is 43.5 Å². The molecule has 1 amide bonds. The summed E-state index contributed by atoms with van der Waals surface area (Å²) in [6.45, 7) is 2.01. The van der Waals surface area contributed by atoms with Gasteiger partial charge in [0.2, 0.25) is 0 Å². The fourth-order valence-electron chi connectivity index (χ4n) is 3.48. The molecule has 27 heavy (non-hydrogen) atoms. The second-order valence-corrected chi connectivity index (χ2v) is 6.81. The Bertz CT molecular complexity index is 1030. The van der Waals surface area contributed by atoms with Crippen molar-refractivity contribution in [2.75, 3.05) is 13.1 Å². The molecule has 1 aliphatic rings. The predicted molar refractivity (Wildman–Crippen MR) is 102 cm³/mol. The van der Waals surface area contributed by atoms with Crippen LogP contribution in [0.4, 0.5) is 0 Å².